The second-order valence-electron chi connectivity index (χ2n) is 6.85. The van der Waals surface area contributed by atoms with E-state index >= 15 is 0 Å². The van der Waals surface area contributed by atoms with Crippen molar-refractivity contribution < 1.29 is 0 Å². The van der Waals surface area contributed by atoms with Crippen LogP contribution in [0, 0.1) is 0 Å². The van der Waals surface area contributed by atoms with Crippen LogP contribution in [0.5, 0.6) is 0 Å². The second kappa shape index (κ2) is 10.2. The van der Waals surface area contributed by atoms with E-state index in [0.717, 1.165) is 34.1 Å². The summed E-state index contributed by atoms with van der Waals surface area (Å²) in [5.41, 5.74) is 3.14. The summed E-state index contributed by atoms with van der Waals surface area (Å²) >= 11 is 0. The highest BCUT2D eigenvalue weighted by Crippen LogP contribution is 2.17. The number of benzene rings is 2. The molecule has 0 fully saturated rings. The van der Waals surface area contributed by atoms with E-state index in [0.29, 0.717) is 13.1 Å². The zero-order valence-electron chi connectivity index (χ0n) is 17.0. The molecule has 0 saturated heterocycles. The Hall–Kier alpha value is -2.94. The van der Waals surface area contributed by atoms with Gasteiger partial charge in [0.25, 0.3) is 0 Å². The molecule has 0 bridgehead atoms. The summed E-state index contributed by atoms with van der Waals surface area (Å²) in [7, 11) is 3.78. The maximum Gasteiger partial charge on any atom is 0.194 e. The number of fused-ring (bicyclic) bond motifs is 1. The summed E-state index contributed by atoms with van der Waals surface area (Å²) in [6.07, 6.45) is 3.72. The number of hydrogen-bond acceptors (Lipinski definition) is 3. The molecule has 0 aliphatic rings. The van der Waals surface area contributed by atoms with Gasteiger partial charge in [0.2, 0.25) is 0 Å². The first kappa shape index (κ1) is 21.8. The molecule has 154 valence electrons. The molecule has 0 atom stereocenters. The van der Waals surface area contributed by atoms with Gasteiger partial charge in [-0.1, -0.05) is 54.6 Å². The smallest absolute Gasteiger partial charge is 0.194 e. The fraction of sp³-hybridized carbons (Fsp3) is 0.174. The van der Waals surface area contributed by atoms with Crippen LogP contribution >= 0.6 is 24.0 Å². The van der Waals surface area contributed by atoms with E-state index in [1.807, 2.05) is 60.7 Å². The SMILES string of the molecule is CN=C(NCc1nccc2ccccc12)N(C)Cc1ncc(-c2ccccc2)[nH]1.I. The number of aromatic amines is 1. The van der Waals surface area contributed by atoms with Crippen molar-refractivity contribution in [1.29, 1.82) is 0 Å². The molecule has 4 rings (SSSR count). The third kappa shape index (κ3) is 4.96. The van der Waals surface area contributed by atoms with Crippen LogP contribution in [0.2, 0.25) is 0 Å². The molecule has 0 aliphatic heterocycles. The first-order valence-corrected chi connectivity index (χ1v) is 9.58. The number of guanidine groups is 1. The molecular formula is C23H25IN6. The van der Waals surface area contributed by atoms with Crippen molar-refractivity contribution in [3.63, 3.8) is 0 Å². The average Bonchev–Trinajstić information content (AvgIpc) is 3.23. The van der Waals surface area contributed by atoms with Gasteiger partial charge in [-0.3, -0.25) is 9.98 Å². The van der Waals surface area contributed by atoms with Crippen molar-refractivity contribution in [1.82, 2.24) is 25.2 Å². The number of aliphatic imine (C=N–C) groups is 1. The number of nitrogens with zero attached hydrogens (tertiary/aromatic N) is 4. The Morgan fingerprint density at radius 3 is 2.60 bits per heavy atom. The fourth-order valence-corrected chi connectivity index (χ4v) is 3.38. The van der Waals surface area contributed by atoms with Crippen molar-refractivity contribution >= 4 is 40.7 Å². The van der Waals surface area contributed by atoms with Gasteiger partial charge in [0.1, 0.15) is 5.82 Å². The highest BCUT2D eigenvalue weighted by atomic mass is 127. The largest absolute Gasteiger partial charge is 0.351 e. The van der Waals surface area contributed by atoms with Gasteiger partial charge in [-0.25, -0.2) is 4.98 Å². The molecular weight excluding hydrogens is 487 g/mol. The minimum absolute atomic E-state index is 0. The Labute approximate surface area is 193 Å². The lowest BCUT2D eigenvalue weighted by Gasteiger charge is -2.21. The van der Waals surface area contributed by atoms with Gasteiger partial charge in [0.05, 0.1) is 30.7 Å². The molecule has 0 spiro atoms. The van der Waals surface area contributed by atoms with E-state index in [-0.39, 0.29) is 24.0 Å². The van der Waals surface area contributed by atoms with E-state index in [1.165, 1.54) is 5.39 Å². The van der Waals surface area contributed by atoms with Gasteiger partial charge in [-0.15, -0.1) is 24.0 Å². The monoisotopic (exact) mass is 512 g/mol. The Bertz CT molecular complexity index is 1120. The lowest BCUT2D eigenvalue weighted by atomic mass is 10.1. The number of imidazole rings is 1. The molecule has 2 N–H and O–H groups in total. The number of H-pyrrole nitrogens is 1. The number of halogens is 1. The molecule has 2 aromatic carbocycles. The molecule has 0 aliphatic carbocycles. The van der Waals surface area contributed by atoms with Gasteiger partial charge in [0.15, 0.2) is 5.96 Å². The normalized spacial score (nSPS) is 11.2. The molecule has 30 heavy (non-hydrogen) atoms. The molecule has 4 aromatic rings. The van der Waals surface area contributed by atoms with Crippen molar-refractivity contribution in [2.24, 2.45) is 4.99 Å². The molecule has 7 heteroatoms. The molecule has 0 amide bonds. The van der Waals surface area contributed by atoms with E-state index < -0.39 is 0 Å². The van der Waals surface area contributed by atoms with E-state index in [1.54, 1.807) is 7.05 Å². The van der Waals surface area contributed by atoms with E-state index in [2.05, 4.69) is 49.5 Å². The summed E-state index contributed by atoms with van der Waals surface area (Å²) in [6, 6.07) is 20.5. The van der Waals surface area contributed by atoms with Gasteiger partial charge >= 0.3 is 0 Å². The van der Waals surface area contributed by atoms with Crippen LogP contribution in [0.1, 0.15) is 11.5 Å². The Morgan fingerprint density at radius 2 is 1.80 bits per heavy atom. The summed E-state index contributed by atoms with van der Waals surface area (Å²) in [5.74, 6) is 1.68. The van der Waals surface area contributed by atoms with Crippen LogP contribution in [0.3, 0.4) is 0 Å². The Kier molecular flexibility index (Phi) is 7.40. The minimum atomic E-state index is 0. The van der Waals surface area contributed by atoms with Crippen LogP contribution in [0.25, 0.3) is 22.0 Å². The highest BCUT2D eigenvalue weighted by Gasteiger charge is 2.11. The topological polar surface area (TPSA) is 69.2 Å². The van der Waals surface area contributed by atoms with Crippen LogP contribution in [-0.2, 0) is 13.1 Å². The minimum Gasteiger partial charge on any atom is -0.351 e. The van der Waals surface area contributed by atoms with Crippen molar-refractivity contribution in [3.05, 3.63) is 84.6 Å². The van der Waals surface area contributed by atoms with Gasteiger partial charge < -0.3 is 15.2 Å². The number of pyridine rings is 1. The summed E-state index contributed by atoms with van der Waals surface area (Å²) < 4.78 is 0. The van der Waals surface area contributed by atoms with Crippen LogP contribution in [0.15, 0.2) is 78.0 Å². The van der Waals surface area contributed by atoms with E-state index in [9.17, 15) is 0 Å². The summed E-state index contributed by atoms with van der Waals surface area (Å²) in [6.45, 7) is 1.22. The number of aromatic nitrogens is 3. The summed E-state index contributed by atoms with van der Waals surface area (Å²) in [5, 5.41) is 5.75. The van der Waals surface area contributed by atoms with Crippen molar-refractivity contribution in [3.8, 4) is 11.3 Å². The summed E-state index contributed by atoms with van der Waals surface area (Å²) in [4.78, 5) is 18.9. The van der Waals surface area contributed by atoms with Crippen LogP contribution in [0.4, 0.5) is 0 Å². The number of nitrogens with one attached hydrogen (secondary N) is 2. The first-order chi connectivity index (χ1) is 14.2. The standard InChI is InChI=1S/C23H24N6.HI/c1-24-23(27-15-21-19-11-7-6-8-17(19)12-13-25-21)29(2)16-22-26-14-20(28-22)18-9-4-3-5-10-18;/h3-14H,15-16H2,1-2H3,(H,24,27)(H,26,28);1H. The van der Waals surface area contributed by atoms with Gasteiger partial charge in [-0.05, 0) is 17.0 Å². The molecule has 0 radical (unpaired) electrons. The molecule has 0 unspecified atom stereocenters. The zero-order chi connectivity index (χ0) is 20.1. The predicted molar refractivity (Wildman–Crippen MR) is 133 cm³/mol. The van der Waals surface area contributed by atoms with Crippen LogP contribution < -0.4 is 5.32 Å². The molecule has 0 saturated carbocycles. The Morgan fingerprint density at radius 1 is 1.03 bits per heavy atom. The lowest BCUT2D eigenvalue weighted by molar-refractivity contribution is 0.463. The third-order valence-electron chi connectivity index (χ3n) is 4.84. The van der Waals surface area contributed by atoms with Gasteiger partial charge in [-0.2, -0.15) is 0 Å². The van der Waals surface area contributed by atoms with Crippen molar-refractivity contribution in [2.75, 3.05) is 14.1 Å². The molecule has 6 nitrogen and oxygen atoms in total. The quantitative estimate of drug-likeness (QED) is 0.236. The third-order valence-corrected chi connectivity index (χ3v) is 4.84. The number of hydrogen-bond donors (Lipinski definition) is 2. The predicted octanol–water partition coefficient (Wildman–Crippen LogP) is 4.45. The second-order valence-corrected chi connectivity index (χ2v) is 6.85. The fourth-order valence-electron chi connectivity index (χ4n) is 3.38. The molecule has 2 aromatic heterocycles. The van der Waals surface area contributed by atoms with Crippen molar-refractivity contribution in [2.45, 2.75) is 13.1 Å². The maximum atomic E-state index is 4.54. The zero-order valence-corrected chi connectivity index (χ0v) is 19.4. The van der Waals surface area contributed by atoms with Crippen LogP contribution in [-0.4, -0.2) is 39.9 Å². The molecule has 2 heterocycles. The van der Waals surface area contributed by atoms with Gasteiger partial charge in [0, 0.05) is 25.7 Å². The Balaban J connectivity index is 0.00000256. The maximum absolute atomic E-state index is 4.54. The number of rotatable bonds is 5. The van der Waals surface area contributed by atoms with E-state index in [4.69, 9.17) is 0 Å². The highest BCUT2D eigenvalue weighted by molar-refractivity contribution is 14.0. The average molecular weight is 512 g/mol. The first-order valence-electron chi connectivity index (χ1n) is 9.58. The lowest BCUT2D eigenvalue weighted by Crippen LogP contribution is -2.38.